The zero-order valence-corrected chi connectivity index (χ0v) is 7.69. The number of carbonyl (C=O) groups excluding carboxylic acids is 1. The van der Waals surface area contributed by atoms with E-state index in [2.05, 4.69) is 0 Å². The van der Waals surface area contributed by atoms with Gasteiger partial charge in [-0.3, -0.25) is 4.79 Å². The molecule has 0 saturated heterocycles. The summed E-state index contributed by atoms with van der Waals surface area (Å²) in [6, 6.07) is 0. The fraction of sp³-hybridized carbons (Fsp3) is 0.875. The minimum absolute atomic E-state index is 0. The maximum absolute atomic E-state index is 10.8. The number of halogens is 1. The van der Waals surface area contributed by atoms with Gasteiger partial charge in [0, 0.05) is 5.92 Å². The Hall–Kier alpha value is -0.240. The smallest absolute Gasteiger partial charge is 0.220 e. The monoisotopic (exact) mass is 177 g/mol. The maximum atomic E-state index is 10.8. The molecule has 66 valence electrons. The summed E-state index contributed by atoms with van der Waals surface area (Å²) in [7, 11) is 0. The molecule has 0 aromatic carbocycles. The van der Waals surface area contributed by atoms with Crippen molar-refractivity contribution >= 4 is 18.3 Å². The molecule has 1 rings (SSSR count). The molecular formula is C8H16ClNO. The Morgan fingerprint density at radius 1 is 1.64 bits per heavy atom. The topological polar surface area (TPSA) is 43.1 Å². The number of nitrogens with two attached hydrogens (primary N) is 1. The molecule has 0 aliphatic heterocycles. The highest BCUT2D eigenvalue weighted by atomic mass is 35.5. The number of primary amides is 1. The molecule has 1 amide bonds. The Morgan fingerprint density at radius 3 is 2.27 bits per heavy atom. The largest absolute Gasteiger partial charge is 0.369 e. The van der Waals surface area contributed by atoms with Gasteiger partial charge in [-0.25, -0.2) is 0 Å². The van der Waals surface area contributed by atoms with Gasteiger partial charge in [0.05, 0.1) is 0 Å². The van der Waals surface area contributed by atoms with E-state index in [0.717, 1.165) is 6.42 Å². The van der Waals surface area contributed by atoms with Gasteiger partial charge in [-0.15, -0.1) is 12.4 Å². The highest BCUT2D eigenvalue weighted by molar-refractivity contribution is 5.85. The summed E-state index contributed by atoms with van der Waals surface area (Å²) in [5.41, 5.74) is 5.22. The molecule has 1 fully saturated rings. The summed E-state index contributed by atoms with van der Waals surface area (Å²) >= 11 is 0. The minimum Gasteiger partial charge on any atom is -0.369 e. The van der Waals surface area contributed by atoms with Gasteiger partial charge >= 0.3 is 0 Å². The Labute approximate surface area is 73.9 Å². The predicted octanol–water partition coefficient (Wildman–Crippen LogP) is 1.72. The normalized spacial score (nSPS) is 19.7. The molecule has 1 saturated carbocycles. The van der Waals surface area contributed by atoms with Crippen LogP contribution in [-0.2, 0) is 4.79 Å². The third-order valence-electron chi connectivity index (χ3n) is 2.52. The molecule has 1 aliphatic rings. The summed E-state index contributed by atoms with van der Waals surface area (Å²) in [6.45, 7) is 2.04. The highest BCUT2D eigenvalue weighted by Crippen LogP contribution is 2.34. The van der Waals surface area contributed by atoms with Crippen LogP contribution in [0.15, 0.2) is 0 Å². The molecule has 1 unspecified atom stereocenters. The van der Waals surface area contributed by atoms with E-state index in [9.17, 15) is 4.79 Å². The average molecular weight is 178 g/mol. The number of hydrogen-bond donors (Lipinski definition) is 1. The lowest BCUT2D eigenvalue weighted by molar-refractivity contribution is -0.124. The lowest BCUT2D eigenvalue weighted by Gasteiger charge is -2.30. The Kier molecular flexibility index (Phi) is 4.50. The van der Waals surface area contributed by atoms with Crippen molar-refractivity contribution in [2.24, 2.45) is 17.6 Å². The highest BCUT2D eigenvalue weighted by Gasteiger charge is 2.29. The summed E-state index contributed by atoms with van der Waals surface area (Å²) in [5.74, 6) is 0.670. The second-order valence-electron chi connectivity index (χ2n) is 3.11. The molecule has 0 spiro atoms. The summed E-state index contributed by atoms with van der Waals surface area (Å²) < 4.78 is 0. The zero-order chi connectivity index (χ0) is 7.56. The van der Waals surface area contributed by atoms with Crippen LogP contribution in [-0.4, -0.2) is 5.91 Å². The molecule has 1 atom stereocenters. The van der Waals surface area contributed by atoms with E-state index in [1.165, 1.54) is 19.3 Å². The molecule has 2 nitrogen and oxygen atoms in total. The van der Waals surface area contributed by atoms with E-state index in [1.54, 1.807) is 0 Å². The van der Waals surface area contributed by atoms with E-state index < -0.39 is 0 Å². The molecule has 0 heterocycles. The molecule has 0 bridgehead atoms. The van der Waals surface area contributed by atoms with Crippen LogP contribution in [0.25, 0.3) is 0 Å². The number of amides is 1. The van der Waals surface area contributed by atoms with E-state index in [-0.39, 0.29) is 24.2 Å². The molecular weight excluding hydrogens is 162 g/mol. The lowest BCUT2D eigenvalue weighted by atomic mass is 9.74. The van der Waals surface area contributed by atoms with Crippen LogP contribution < -0.4 is 5.73 Å². The first-order chi connectivity index (χ1) is 4.75. The van der Waals surface area contributed by atoms with Crippen LogP contribution >= 0.6 is 12.4 Å². The van der Waals surface area contributed by atoms with Gasteiger partial charge in [-0.2, -0.15) is 0 Å². The first-order valence-corrected chi connectivity index (χ1v) is 4.05. The van der Waals surface area contributed by atoms with Crippen molar-refractivity contribution in [1.29, 1.82) is 0 Å². The summed E-state index contributed by atoms with van der Waals surface area (Å²) in [5, 5.41) is 0. The van der Waals surface area contributed by atoms with E-state index in [4.69, 9.17) is 5.73 Å². The van der Waals surface area contributed by atoms with E-state index in [1.807, 2.05) is 6.92 Å². The van der Waals surface area contributed by atoms with Crippen molar-refractivity contribution in [2.75, 3.05) is 0 Å². The van der Waals surface area contributed by atoms with Crippen LogP contribution in [0.4, 0.5) is 0 Å². The second-order valence-corrected chi connectivity index (χ2v) is 3.11. The third-order valence-corrected chi connectivity index (χ3v) is 2.52. The average Bonchev–Trinajstić information content (AvgIpc) is 1.76. The van der Waals surface area contributed by atoms with Crippen LogP contribution in [0.5, 0.6) is 0 Å². The lowest BCUT2D eigenvalue weighted by Crippen LogP contribution is -2.32. The number of hydrogen-bond acceptors (Lipinski definition) is 1. The van der Waals surface area contributed by atoms with Crippen molar-refractivity contribution in [2.45, 2.75) is 32.6 Å². The molecule has 1 aliphatic carbocycles. The molecule has 2 N–H and O–H groups in total. The van der Waals surface area contributed by atoms with Gasteiger partial charge < -0.3 is 5.73 Å². The Balaban J connectivity index is 0.000001000. The van der Waals surface area contributed by atoms with Crippen LogP contribution in [0.2, 0.25) is 0 Å². The quantitative estimate of drug-likeness (QED) is 0.701. The van der Waals surface area contributed by atoms with Gasteiger partial charge in [0.25, 0.3) is 0 Å². The summed E-state index contributed by atoms with van der Waals surface area (Å²) in [6.07, 6.45) is 4.62. The zero-order valence-electron chi connectivity index (χ0n) is 6.88. The Morgan fingerprint density at radius 2 is 2.18 bits per heavy atom. The van der Waals surface area contributed by atoms with Gasteiger partial charge in [0.2, 0.25) is 5.91 Å². The maximum Gasteiger partial charge on any atom is 0.220 e. The van der Waals surface area contributed by atoms with Crippen molar-refractivity contribution in [3.05, 3.63) is 0 Å². The first-order valence-electron chi connectivity index (χ1n) is 4.05. The SMILES string of the molecule is CCC(C(N)=O)C1CCC1.Cl. The molecule has 3 heteroatoms. The van der Waals surface area contributed by atoms with Crippen molar-refractivity contribution in [3.8, 4) is 0 Å². The van der Waals surface area contributed by atoms with Gasteiger partial charge in [0.1, 0.15) is 0 Å². The fourth-order valence-corrected chi connectivity index (χ4v) is 1.61. The molecule has 11 heavy (non-hydrogen) atoms. The molecule has 0 aromatic heterocycles. The minimum atomic E-state index is -0.104. The van der Waals surface area contributed by atoms with Gasteiger partial charge in [0.15, 0.2) is 0 Å². The molecule has 0 radical (unpaired) electrons. The summed E-state index contributed by atoms with van der Waals surface area (Å²) in [4.78, 5) is 10.8. The van der Waals surface area contributed by atoms with E-state index >= 15 is 0 Å². The fourth-order valence-electron chi connectivity index (χ4n) is 1.61. The van der Waals surface area contributed by atoms with Crippen molar-refractivity contribution < 1.29 is 4.79 Å². The second kappa shape index (κ2) is 4.60. The van der Waals surface area contributed by atoms with Crippen molar-refractivity contribution in [3.63, 3.8) is 0 Å². The first kappa shape index (κ1) is 10.8. The Bertz CT molecular complexity index is 134. The van der Waals surface area contributed by atoms with Crippen LogP contribution in [0.3, 0.4) is 0 Å². The van der Waals surface area contributed by atoms with Crippen LogP contribution in [0.1, 0.15) is 32.6 Å². The van der Waals surface area contributed by atoms with Gasteiger partial charge in [-0.05, 0) is 25.2 Å². The third kappa shape index (κ3) is 2.37. The number of carbonyl (C=O) groups is 1. The predicted molar refractivity (Wildman–Crippen MR) is 47.6 cm³/mol. The number of rotatable bonds is 3. The standard InChI is InChI=1S/C8H15NO.ClH/c1-2-7(8(9)10)6-4-3-5-6;/h6-7H,2-5H2,1H3,(H2,9,10);1H. The van der Waals surface area contributed by atoms with Crippen LogP contribution in [0, 0.1) is 11.8 Å². The molecule has 0 aromatic rings. The van der Waals surface area contributed by atoms with Crippen molar-refractivity contribution in [1.82, 2.24) is 0 Å². The van der Waals surface area contributed by atoms with Gasteiger partial charge in [-0.1, -0.05) is 13.3 Å². The van der Waals surface area contributed by atoms with E-state index in [0.29, 0.717) is 5.92 Å².